The number of allylic oxidation sites excluding steroid dienone is 1. The van der Waals surface area contributed by atoms with Gasteiger partial charge in [0.1, 0.15) is 0 Å². The Morgan fingerprint density at radius 3 is 2.06 bits per heavy atom. The molecule has 0 fully saturated rings. The van der Waals surface area contributed by atoms with Crippen molar-refractivity contribution in [3.8, 4) is 0 Å². The highest BCUT2D eigenvalue weighted by atomic mass is 79.9. The predicted octanol–water partition coefficient (Wildman–Crippen LogP) is 5.38. The molecule has 17 heavy (non-hydrogen) atoms. The van der Waals surface area contributed by atoms with Crippen LogP contribution in [0.15, 0.2) is 11.6 Å². The highest BCUT2D eigenvalue weighted by Gasteiger charge is 2.28. The lowest BCUT2D eigenvalue weighted by Gasteiger charge is -2.29. The van der Waals surface area contributed by atoms with Crippen molar-refractivity contribution in [1.29, 1.82) is 0 Å². The molecule has 0 bridgehead atoms. The van der Waals surface area contributed by atoms with Gasteiger partial charge in [-0.15, -0.1) is 0 Å². The average Bonchev–Trinajstić information content (AvgIpc) is 2.38. The van der Waals surface area contributed by atoms with E-state index in [0.29, 0.717) is 5.92 Å². The summed E-state index contributed by atoms with van der Waals surface area (Å²) >= 11 is 3.54. The van der Waals surface area contributed by atoms with E-state index in [-0.39, 0.29) is 0 Å². The molecule has 3 heteroatoms. The van der Waals surface area contributed by atoms with Crippen LogP contribution in [-0.4, -0.2) is 20.3 Å². The minimum atomic E-state index is -1.39. The fourth-order valence-electron chi connectivity index (χ4n) is 2.07. The largest absolute Gasteiger partial charge is 0.416 e. The number of hydrogen-bond acceptors (Lipinski definition) is 1. The second kappa shape index (κ2) is 9.34. The predicted molar refractivity (Wildman–Crippen MR) is 84.5 cm³/mol. The van der Waals surface area contributed by atoms with Crippen molar-refractivity contribution in [1.82, 2.24) is 0 Å². The third kappa shape index (κ3) is 6.21. The maximum atomic E-state index is 6.31. The molecule has 0 aliphatic heterocycles. The normalized spacial score (nSPS) is 15.1. The van der Waals surface area contributed by atoms with Crippen molar-refractivity contribution in [3.63, 3.8) is 0 Å². The zero-order valence-electron chi connectivity index (χ0n) is 12.2. The Hall–Kier alpha value is 0.397. The Labute approximate surface area is 117 Å². The summed E-state index contributed by atoms with van der Waals surface area (Å²) in [7, 11) is -1.39. The fraction of sp³-hybridized carbons (Fsp3) is 0.857. The molecule has 0 heterocycles. The van der Waals surface area contributed by atoms with Gasteiger partial charge in [-0.05, 0) is 30.5 Å². The molecule has 0 aliphatic carbocycles. The highest BCUT2D eigenvalue weighted by molar-refractivity contribution is 9.09. The third-order valence-corrected chi connectivity index (χ3v) is 9.10. The van der Waals surface area contributed by atoms with E-state index in [1.807, 2.05) is 0 Å². The lowest BCUT2D eigenvalue weighted by Crippen LogP contribution is -2.37. The number of alkyl halides is 1. The minimum Gasteiger partial charge on any atom is -0.416 e. The van der Waals surface area contributed by atoms with Crippen LogP contribution in [0, 0.1) is 5.92 Å². The van der Waals surface area contributed by atoms with Gasteiger partial charge in [0, 0.05) is 11.9 Å². The SMILES string of the molecule is CC/C(=C/[C@H](C)CO[Si](CC)(CC)CC)CBr. The van der Waals surface area contributed by atoms with Crippen molar-refractivity contribution in [2.75, 3.05) is 11.9 Å². The van der Waals surface area contributed by atoms with Gasteiger partial charge in [0.2, 0.25) is 0 Å². The summed E-state index contributed by atoms with van der Waals surface area (Å²) in [5.41, 5.74) is 1.48. The molecular formula is C14H29BrOSi. The van der Waals surface area contributed by atoms with Crippen LogP contribution in [0.2, 0.25) is 18.1 Å². The first kappa shape index (κ1) is 17.4. The third-order valence-electron chi connectivity index (χ3n) is 3.73. The summed E-state index contributed by atoms with van der Waals surface area (Å²) in [6, 6.07) is 3.74. The van der Waals surface area contributed by atoms with Crippen LogP contribution in [0.5, 0.6) is 0 Å². The molecule has 0 rings (SSSR count). The zero-order chi connectivity index (χ0) is 13.3. The zero-order valence-corrected chi connectivity index (χ0v) is 14.8. The first-order chi connectivity index (χ1) is 8.07. The second-order valence-corrected chi connectivity index (χ2v) is 10.2. The molecular weight excluding hydrogens is 292 g/mol. The number of halogens is 1. The first-order valence-corrected chi connectivity index (χ1v) is 10.6. The summed E-state index contributed by atoms with van der Waals surface area (Å²) in [6.07, 6.45) is 3.50. The molecule has 0 aromatic heterocycles. The quantitative estimate of drug-likeness (QED) is 0.315. The van der Waals surface area contributed by atoms with Gasteiger partial charge in [0.25, 0.3) is 0 Å². The van der Waals surface area contributed by atoms with Gasteiger partial charge >= 0.3 is 0 Å². The van der Waals surface area contributed by atoms with E-state index < -0.39 is 8.32 Å². The molecule has 0 unspecified atom stereocenters. The Bertz CT molecular complexity index is 210. The van der Waals surface area contributed by atoms with Crippen LogP contribution in [0.3, 0.4) is 0 Å². The van der Waals surface area contributed by atoms with Crippen molar-refractivity contribution in [3.05, 3.63) is 11.6 Å². The van der Waals surface area contributed by atoms with Crippen LogP contribution in [-0.2, 0) is 4.43 Å². The van der Waals surface area contributed by atoms with E-state index in [9.17, 15) is 0 Å². The topological polar surface area (TPSA) is 9.23 Å². The molecule has 0 aliphatic rings. The first-order valence-electron chi connectivity index (χ1n) is 6.96. The maximum Gasteiger partial charge on any atom is 0.192 e. The van der Waals surface area contributed by atoms with E-state index in [2.05, 4.69) is 56.6 Å². The molecule has 0 aromatic carbocycles. The average molecular weight is 321 g/mol. The summed E-state index contributed by atoms with van der Waals surface area (Å²) in [6.45, 7) is 12.2. The van der Waals surface area contributed by atoms with Crippen molar-refractivity contribution < 1.29 is 4.43 Å². The smallest absolute Gasteiger partial charge is 0.192 e. The number of rotatable bonds is 9. The van der Waals surface area contributed by atoms with Gasteiger partial charge in [-0.25, -0.2) is 0 Å². The Morgan fingerprint density at radius 1 is 1.18 bits per heavy atom. The molecule has 0 saturated carbocycles. The van der Waals surface area contributed by atoms with Gasteiger partial charge in [0.15, 0.2) is 8.32 Å². The molecule has 0 radical (unpaired) electrons. The summed E-state index contributed by atoms with van der Waals surface area (Å²) in [5.74, 6) is 0.541. The number of hydrogen-bond donors (Lipinski definition) is 0. The molecule has 0 amide bonds. The van der Waals surface area contributed by atoms with Crippen molar-refractivity contribution in [2.24, 2.45) is 5.92 Å². The Morgan fingerprint density at radius 2 is 1.71 bits per heavy atom. The van der Waals surface area contributed by atoms with E-state index in [1.54, 1.807) is 0 Å². The monoisotopic (exact) mass is 320 g/mol. The summed E-state index contributed by atoms with van der Waals surface area (Å²) in [5, 5.41) is 0.992. The van der Waals surface area contributed by atoms with Crippen molar-refractivity contribution >= 4 is 24.2 Å². The molecule has 0 spiro atoms. The van der Waals surface area contributed by atoms with Gasteiger partial charge < -0.3 is 4.43 Å². The highest BCUT2D eigenvalue weighted by Crippen LogP contribution is 2.23. The maximum absolute atomic E-state index is 6.31. The van der Waals surface area contributed by atoms with E-state index in [0.717, 1.165) is 18.4 Å². The van der Waals surface area contributed by atoms with Crippen molar-refractivity contribution in [2.45, 2.75) is 59.2 Å². The van der Waals surface area contributed by atoms with Crippen LogP contribution < -0.4 is 0 Å². The lowest BCUT2D eigenvalue weighted by molar-refractivity contribution is 0.268. The van der Waals surface area contributed by atoms with Gasteiger partial charge in [-0.2, -0.15) is 0 Å². The summed E-state index contributed by atoms with van der Waals surface area (Å²) in [4.78, 5) is 0. The summed E-state index contributed by atoms with van der Waals surface area (Å²) < 4.78 is 6.31. The lowest BCUT2D eigenvalue weighted by atomic mass is 10.1. The molecule has 0 N–H and O–H groups in total. The second-order valence-electron chi connectivity index (χ2n) is 4.84. The van der Waals surface area contributed by atoms with Gasteiger partial charge in [0.05, 0.1) is 0 Å². The van der Waals surface area contributed by atoms with Gasteiger partial charge in [-0.1, -0.05) is 62.2 Å². The Balaban J connectivity index is 4.30. The fourth-order valence-corrected chi connectivity index (χ4v) is 5.38. The molecule has 1 nitrogen and oxygen atoms in total. The molecule has 0 aromatic rings. The minimum absolute atomic E-state index is 0.541. The van der Waals surface area contributed by atoms with E-state index >= 15 is 0 Å². The Kier molecular flexibility index (Phi) is 9.56. The molecule has 1 atom stereocenters. The molecule has 0 saturated heterocycles. The standard InChI is InChI=1S/C14H29BrOSi/c1-6-14(11-15)10-13(5)12-16-17(7-2,8-3)9-4/h10,13H,6-9,11-12H2,1-5H3/b14-10-/t13-/m0/s1. The van der Waals surface area contributed by atoms with E-state index in [1.165, 1.54) is 23.7 Å². The van der Waals surface area contributed by atoms with Crippen LogP contribution >= 0.6 is 15.9 Å². The van der Waals surface area contributed by atoms with Crippen LogP contribution in [0.4, 0.5) is 0 Å². The van der Waals surface area contributed by atoms with Crippen LogP contribution in [0.25, 0.3) is 0 Å². The van der Waals surface area contributed by atoms with Gasteiger partial charge in [-0.3, -0.25) is 0 Å². The molecule has 102 valence electrons. The van der Waals surface area contributed by atoms with Crippen LogP contribution in [0.1, 0.15) is 41.0 Å². The van der Waals surface area contributed by atoms with E-state index in [4.69, 9.17) is 4.43 Å².